The molecule has 0 bridgehead atoms. The average molecular weight is 477 g/mol. The number of sulfone groups is 1. The van der Waals surface area contributed by atoms with Crippen molar-refractivity contribution in [3.8, 4) is 17.0 Å². The number of pyridine rings is 2. The van der Waals surface area contributed by atoms with Gasteiger partial charge in [-0.25, -0.2) is 18.4 Å². The molecule has 1 aliphatic carbocycles. The summed E-state index contributed by atoms with van der Waals surface area (Å²) in [5, 5.41) is 13.0. The first-order valence-corrected chi connectivity index (χ1v) is 12.4. The van der Waals surface area contributed by atoms with Gasteiger partial charge in [0.25, 0.3) is 0 Å². The fourth-order valence-corrected chi connectivity index (χ4v) is 5.35. The molecule has 0 aliphatic heterocycles. The third-order valence-corrected chi connectivity index (χ3v) is 8.53. The Morgan fingerprint density at radius 1 is 1.18 bits per heavy atom. The van der Waals surface area contributed by atoms with Gasteiger partial charge in [0.1, 0.15) is 22.1 Å². The van der Waals surface area contributed by atoms with Gasteiger partial charge in [-0.15, -0.1) is 0 Å². The maximum atomic E-state index is 14.4. The van der Waals surface area contributed by atoms with Crippen LogP contribution in [0.2, 0.25) is 0 Å². The minimum absolute atomic E-state index is 0.0397. The van der Waals surface area contributed by atoms with Crippen molar-refractivity contribution in [1.82, 2.24) is 14.4 Å². The highest BCUT2D eigenvalue weighted by molar-refractivity contribution is 7.92. The highest BCUT2D eigenvalue weighted by atomic mass is 32.2. The summed E-state index contributed by atoms with van der Waals surface area (Å²) in [6.07, 6.45) is 5.70. The van der Waals surface area contributed by atoms with E-state index in [0.717, 1.165) is 12.8 Å². The molecule has 1 saturated carbocycles. The molecular formula is C23H29FN4O4S. The number of aliphatic hydroxyl groups is 1. The summed E-state index contributed by atoms with van der Waals surface area (Å²) < 4.78 is 46.8. The summed E-state index contributed by atoms with van der Waals surface area (Å²) >= 11 is 0. The van der Waals surface area contributed by atoms with Crippen molar-refractivity contribution >= 4 is 21.3 Å². The number of hydrogen-bond donors (Lipinski definition) is 2. The van der Waals surface area contributed by atoms with Gasteiger partial charge in [-0.3, -0.25) is 4.40 Å². The second-order valence-corrected chi connectivity index (χ2v) is 12.1. The number of nitrogens with zero attached hydrogens (tertiary/aromatic N) is 3. The Labute approximate surface area is 192 Å². The topological polar surface area (TPSA) is 106 Å². The Morgan fingerprint density at radius 3 is 2.52 bits per heavy atom. The Kier molecular flexibility index (Phi) is 6.09. The van der Waals surface area contributed by atoms with E-state index in [1.807, 2.05) is 0 Å². The van der Waals surface area contributed by atoms with Crippen molar-refractivity contribution in [2.24, 2.45) is 0 Å². The molecule has 178 valence electrons. The molecule has 3 aromatic rings. The Balaban J connectivity index is 1.77. The van der Waals surface area contributed by atoms with Crippen LogP contribution in [-0.4, -0.2) is 51.9 Å². The molecule has 1 aliphatic rings. The van der Waals surface area contributed by atoms with Gasteiger partial charge < -0.3 is 15.2 Å². The van der Waals surface area contributed by atoms with E-state index in [4.69, 9.17) is 4.74 Å². The van der Waals surface area contributed by atoms with Crippen LogP contribution < -0.4 is 10.1 Å². The standard InChI is InChI=1S/C23H29FN4O4S/c1-23(2,3)33(30,31)19-13-28-17(12-25-22(28)11-18(19)32-4)14-9-20(24)27-21(10-14)26-15-5-7-16(29)8-6-15/h9-13,15-16,29H,5-8H2,1-4H3,(H,26,27). The summed E-state index contributed by atoms with van der Waals surface area (Å²) in [6, 6.07) is 4.68. The molecule has 0 saturated heterocycles. The van der Waals surface area contributed by atoms with Crippen molar-refractivity contribution in [1.29, 1.82) is 0 Å². The molecule has 0 aromatic carbocycles. The number of nitrogens with one attached hydrogen (secondary N) is 1. The third kappa shape index (κ3) is 4.54. The molecule has 2 N–H and O–H groups in total. The first kappa shape index (κ1) is 23.4. The highest BCUT2D eigenvalue weighted by Crippen LogP contribution is 2.35. The van der Waals surface area contributed by atoms with E-state index in [1.165, 1.54) is 19.4 Å². The second-order valence-electron chi connectivity index (χ2n) is 9.41. The Bertz CT molecular complexity index is 1280. The number of rotatable bonds is 5. The van der Waals surface area contributed by atoms with Gasteiger partial charge >= 0.3 is 0 Å². The predicted molar refractivity (Wildman–Crippen MR) is 124 cm³/mol. The number of methoxy groups -OCH3 is 1. The van der Waals surface area contributed by atoms with Crippen LogP contribution >= 0.6 is 0 Å². The van der Waals surface area contributed by atoms with Gasteiger partial charge in [0.05, 0.1) is 29.9 Å². The molecule has 0 unspecified atom stereocenters. The van der Waals surface area contributed by atoms with Crippen molar-refractivity contribution in [2.75, 3.05) is 12.4 Å². The van der Waals surface area contributed by atoms with Crippen molar-refractivity contribution in [2.45, 2.75) is 68.2 Å². The fraction of sp³-hybridized carbons (Fsp3) is 0.478. The Hall–Kier alpha value is -2.72. The molecule has 0 spiro atoms. The summed E-state index contributed by atoms with van der Waals surface area (Å²) in [4.78, 5) is 8.38. The van der Waals surface area contributed by atoms with Crippen LogP contribution in [0.5, 0.6) is 5.75 Å². The highest BCUT2D eigenvalue weighted by Gasteiger charge is 2.34. The van der Waals surface area contributed by atoms with E-state index in [1.54, 1.807) is 43.5 Å². The number of halogens is 1. The van der Waals surface area contributed by atoms with Gasteiger partial charge in [-0.1, -0.05) is 0 Å². The largest absolute Gasteiger partial charge is 0.495 e. The number of imidazole rings is 1. The lowest BCUT2D eigenvalue weighted by atomic mass is 9.93. The van der Waals surface area contributed by atoms with Crippen LogP contribution in [0.15, 0.2) is 35.5 Å². The van der Waals surface area contributed by atoms with E-state index in [0.29, 0.717) is 35.6 Å². The van der Waals surface area contributed by atoms with Crippen LogP contribution in [0, 0.1) is 5.95 Å². The van der Waals surface area contributed by atoms with E-state index >= 15 is 0 Å². The lowest BCUT2D eigenvalue weighted by molar-refractivity contribution is 0.126. The minimum Gasteiger partial charge on any atom is -0.495 e. The smallest absolute Gasteiger partial charge is 0.215 e. The van der Waals surface area contributed by atoms with E-state index in [2.05, 4.69) is 15.3 Å². The maximum Gasteiger partial charge on any atom is 0.215 e. The zero-order valence-electron chi connectivity index (χ0n) is 19.2. The van der Waals surface area contributed by atoms with Crippen molar-refractivity contribution in [3.05, 3.63) is 36.5 Å². The summed E-state index contributed by atoms with van der Waals surface area (Å²) in [6.45, 7) is 4.88. The number of aliphatic hydroxyl groups excluding tert-OH is 1. The predicted octanol–water partition coefficient (Wildman–Crippen LogP) is 3.83. The lowest BCUT2D eigenvalue weighted by Crippen LogP contribution is -2.28. The molecule has 8 nitrogen and oxygen atoms in total. The number of fused-ring (bicyclic) bond motifs is 1. The third-order valence-electron chi connectivity index (χ3n) is 6.03. The second kappa shape index (κ2) is 8.57. The van der Waals surface area contributed by atoms with E-state index in [9.17, 15) is 17.9 Å². The maximum absolute atomic E-state index is 14.4. The van der Waals surface area contributed by atoms with Gasteiger partial charge in [-0.05, 0) is 52.5 Å². The fourth-order valence-electron chi connectivity index (χ4n) is 4.04. The number of hydrogen-bond acceptors (Lipinski definition) is 7. The van der Waals surface area contributed by atoms with Crippen molar-refractivity contribution < 1.29 is 22.7 Å². The van der Waals surface area contributed by atoms with Crippen LogP contribution in [-0.2, 0) is 9.84 Å². The minimum atomic E-state index is -3.72. The van der Waals surface area contributed by atoms with Gasteiger partial charge in [-0.2, -0.15) is 4.39 Å². The van der Waals surface area contributed by atoms with Gasteiger partial charge in [0.2, 0.25) is 5.95 Å². The summed E-state index contributed by atoms with van der Waals surface area (Å²) in [5.74, 6) is -0.0634. The Morgan fingerprint density at radius 2 is 1.88 bits per heavy atom. The average Bonchev–Trinajstić information content (AvgIpc) is 3.16. The zero-order valence-corrected chi connectivity index (χ0v) is 20.0. The monoisotopic (exact) mass is 476 g/mol. The van der Waals surface area contributed by atoms with E-state index in [-0.39, 0.29) is 22.8 Å². The number of aromatic nitrogens is 3. The molecule has 3 heterocycles. The van der Waals surface area contributed by atoms with Crippen LogP contribution in [0.25, 0.3) is 16.9 Å². The van der Waals surface area contributed by atoms with Crippen molar-refractivity contribution in [3.63, 3.8) is 0 Å². The number of anilines is 1. The quantitative estimate of drug-likeness (QED) is 0.539. The number of ether oxygens (including phenoxy) is 1. The van der Waals surface area contributed by atoms with Crippen LogP contribution in [0.3, 0.4) is 0 Å². The molecule has 33 heavy (non-hydrogen) atoms. The lowest BCUT2D eigenvalue weighted by Gasteiger charge is -2.26. The zero-order chi connectivity index (χ0) is 24.0. The van der Waals surface area contributed by atoms with Crippen LogP contribution in [0.4, 0.5) is 10.2 Å². The molecule has 1 fully saturated rings. The molecule has 4 rings (SSSR count). The first-order chi connectivity index (χ1) is 15.5. The summed E-state index contributed by atoms with van der Waals surface area (Å²) in [7, 11) is -2.31. The molecule has 0 atom stereocenters. The molecule has 0 amide bonds. The van der Waals surface area contributed by atoms with Gasteiger partial charge in [0.15, 0.2) is 9.84 Å². The van der Waals surface area contributed by atoms with Crippen LogP contribution in [0.1, 0.15) is 46.5 Å². The summed E-state index contributed by atoms with van der Waals surface area (Å²) in [5.41, 5.74) is 1.52. The molecule has 3 aromatic heterocycles. The van der Waals surface area contributed by atoms with Gasteiger partial charge in [0, 0.05) is 29.9 Å². The normalized spacial score (nSPS) is 19.6. The first-order valence-electron chi connectivity index (χ1n) is 10.9. The molecular weight excluding hydrogens is 447 g/mol. The molecule has 10 heteroatoms. The SMILES string of the molecule is COc1cc2ncc(-c3cc(F)nc(NC4CCC(O)CC4)c3)n2cc1S(=O)(=O)C(C)(C)C. The molecule has 0 radical (unpaired) electrons. The van der Waals surface area contributed by atoms with E-state index < -0.39 is 20.5 Å².